The number of piperidine rings is 1. The average molecular weight is 324 g/mol. The molecular formula is C18H26F2N2O. The number of nitrogens with one attached hydrogen (secondary N) is 1. The Morgan fingerprint density at radius 2 is 1.91 bits per heavy atom. The summed E-state index contributed by atoms with van der Waals surface area (Å²) in [5, 5.41) is 3.42. The summed E-state index contributed by atoms with van der Waals surface area (Å²) in [6.07, 6.45) is 5.85. The fraction of sp³-hybridized carbons (Fsp3) is 0.667. The highest BCUT2D eigenvalue weighted by atomic mass is 19.2. The molecule has 0 unspecified atom stereocenters. The fourth-order valence-corrected chi connectivity index (χ4v) is 3.78. The second-order valence-corrected chi connectivity index (χ2v) is 6.82. The summed E-state index contributed by atoms with van der Waals surface area (Å²) in [7, 11) is 0. The topological polar surface area (TPSA) is 47.3 Å². The molecule has 0 bridgehead atoms. The summed E-state index contributed by atoms with van der Waals surface area (Å²) < 4.78 is 33.3. The van der Waals surface area contributed by atoms with Crippen molar-refractivity contribution in [3.05, 3.63) is 35.4 Å². The van der Waals surface area contributed by atoms with E-state index in [9.17, 15) is 8.78 Å². The maximum absolute atomic E-state index is 13.9. The molecule has 1 aromatic rings. The summed E-state index contributed by atoms with van der Waals surface area (Å²) in [6.45, 7) is 1.65. The molecule has 3 rings (SSSR count). The molecule has 2 atom stereocenters. The summed E-state index contributed by atoms with van der Waals surface area (Å²) in [6, 6.07) is 4.87. The maximum atomic E-state index is 13.9. The molecule has 1 saturated heterocycles. The van der Waals surface area contributed by atoms with Crippen LogP contribution in [0.15, 0.2) is 18.2 Å². The van der Waals surface area contributed by atoms with Crippen LogP contribution in [0.1, 0.15) is 50.0 Å². The van der Waals surface area contributed by atoms with Crippen LogP contribution in [0, 0.1) is 11.6 Å². The van der Waals surface area contributed by atoms with Gasteiger partial charge in [0.25, 0.3) is 0 Å². The van der Waals surface area contributed by atoms with Crippen molar-refractivity contribution < 1.29 is 13.5 Å². The molecule has 2 fully saturated rings. The molecule has 0 radical (unpaired) electrons. The summed E-state index contributed by atoms with van der Waals surface area (Å²) >= 11 is 0. The molecule has 23 heavy (non-hydrogen) atoms. The van der Waals surface area contributed by atoms with Crippen molar-refractivity contribution in [2.24, 2.45) is 5.73 Å². The highest BCUT2D eigenvalue weighted by Crippen LogP contribution is 2.35. The van der Waals surface area contributed by atoms with E-state index in [4.69, 9.17) is 10.5 Å². The van der Waals surface area contributed by atoms with Gasteiger partial charge in [0.05, 0.1) is 12.7 Å². The van der Waals surface area contributed by atoms with Gasteiger partial charge >= 0.3 is 0 Å². The van der Waals surface area contributed by atoms with Gasteiger partial charge in [-0.3, -0.25) is 0 Å². The zero-order chi connectivity index (χ0) is 16.2. The minimum atomic E-state index is -0.752. The van der Waals surface area contributed by atoms with Gasteiger partial charge in [0.2, 0.25) is 0 Å². The fourth-order valence-electron chi connectivity index (χ4n) is 3.78. The lowest BCUT2D eigenvalue weighted by atomic mass is 9.82. The van der Waals surface area contributed by atoms with Crippen molar-refractivity contribution in [2.45, 2.75) is 62.6 Å². The summed E-state index contributed by atoms with van der Waals surface area (Å²) in [4.78, 5) is 0. The van der Waals surface area contributed by atoms with Gasteiger partial charge in [0.15, 0.2) is 11.6 Å². The van der Waals surface area contributed by atoms with Crippen LogP contribution in [0.25, 0.3) is 0 Å². The smallest absolute Gasteiger partial charge is 0.162 e. The van der Waals surface area contributed by atoms with Crippen LogP contribution in [-0.4, -0.2) is 31.3 Å². The first kappa shape index (κ1) is 16.8. The molecule has 0 spiro atoms. The predicted molar refractivity (Wildman–Crippen MR) is 86.3 cm³/mol. The lowest BCUT2D eigenvalue weighted by Gasteiger charge is -2.33. The van der Waals surface area contributed by atoms with Gasteiger partial charge in [-0.2, -0.15) is 0 Å². The Morgan fingerprint density at radius 1 is 1.13 bits per heavy atom. The lowest BCUT2D eigenvalue weighted by molar-refractivity contribution is 0.00600. The van der Waals surface area contributed by atoms with E-state index in [1.807, 2.05) is 0 Å². The number of ether oxygens (including phenoxy) is 1. The summed E-state index contributed by atoms with van der Waals surface area (Å²) in [5.74, 6) is -1.34. The van der Waals surface area contributed by atoms with Crippen molar-refractivity contribution >= 4 is 0 Å². The maximum Gasteiger partial charge on any atom is 0.162 e. The Labute approximate surface area is 136 Å². The first-order valence-electron chi connectivity index (χ1n) is 8.69. The molecule has 1 aliphatic heterocycles. The number of rotatable bonds is 4. The number of halogens is 2. The molecule has 1 saturated carbocycles. The van der Waals surface area contributed by atoms with Gasteiger partial charge in [0, 0.05) is 12.1 Å². The highest BCUT2D eigenvalue weighted by molar-refractivity contribution is 5.23. The molecule has 1 heterocycles. The second kappa shape index (κ2) is 7.69. The van der Waals surface area contributed by atoms with E-state index in [0.717, 1.165) is 45.1 Å². The Morgan fingerprint density at radius 3 is 2.65 bits per heavy atom. The van der Waals surface area contributed by atoms with Crippen LogP contribution in [-0.2, 0) is 4.74 Å². The van der Waals surface area contributed by atoms with Gasteiger partial charge in [0.1, 0.15) is 0 Å². The largest absolute Gasteiger partial charge is 0.377 e. The molecule has 5 heteroatoms. The number of benzene rings is 1. The molecule has 3 nitrogen and oxygen atoms in total. The van der Waals surface area contributed by atoms with Crippen molar-refractivity contribution in [2.75, 3.05) is 13.2 Å². The molecular weight excluding hydrogens is 298 g/mol. The van der Waals surface area contributed by atoms with Crippen LogP contribution in [0.4, 0.5) is 8.78 Å². The third kappa shape index (κ3) is 4.08. The van der Waals surface area contributed by atoms with Crippen LogP contribution < -0.4 is 11.1 Å². The van der Waals surface area contributed by atoms with Gasteiger partial charge < -0.3 is 15.8 Å². The Kier molecular flexibility index (Phi) is 5.62. The predicted octanol–water partition coefficient (Wildman–Crippen LogP) is 3.09. The minimum Gasteiger partial charge on any atom is -0.377 e. The van der Waals surface area contributed by atoms with E-state index < -0.39 is 11.6 Å². The molecule has 1 aromatic carbocycles. The van der Waals surface area contributed by atoms with Crippen LogP contribution in [0.5, 0.6) is 0 Å². The number of hydrogen-bond donors (Lipinski definition) is 2. The Bertz CT molecular complexity index is 518. The van der Waals surface area contributed by atoms with E-state index in [2.05, 4.69) is 5.32 Å². The van der Waals surface area contributed by atoms with Crippen LogP contribution in [0.2, 0.25) is 0 Å². The van der Waals surface area contributed by atoms with E-state index in [-0.39, 0.29) is 24.1 Å². The number of hydrogen-bond acceptors (Lipinski definition) is 3. The van der Waals surface area contributed by atoms with Crippen LogP contribution >= 0.6 is 0 Å². The Hall–Kier alpha value is -1.04. The van der Waals surface area contributed by atoms with Crippen molar-refractivity contribution in [3.8, 4) is 0 Å². The molecule has 0 aromatic heterocycles. The first-order valence-corrected chi connectivity index (χ1v) is 8.69. The van der Waals surface area contributed by atoms with Gasteiger partial charge in [-0.1, -0.05) is 12.1 Å². The van der Waals surface area contributed by atoms with E-state index >= 15 is 0 Å². The van der Waals surface area contributed by atoms with E-state index in [1.165, 1.54) is 6.07 Å². The van der Waals surface area contributed by atoms with Gasteiger partial charge in [-0.05, 0) is 62.6 Å². The summed E-state index contributed by atoms with van der Waals surface area (Å²) in [5.41, 5.74) is 6.62. The standard InChI is InChI=1S/C18H26F2N2O/c19-15-4-1-3-14(18(15)20)12-6-8-13(9-7-12)23-11-17-16(21)5-2-10-22-17/h1,3-4,12-13,16-17,22H,2,5-11,21H2/t12-,13+,16-,17-/m0/s1. The molecule has 3 N–H and O–H groups in total. The highest BCUT2D eigenvalue weighted by Gasteiger charge is 2.27. The van der Waals surface area contributed by atoms with Crippen molar-refractivity contribution in [1.29, 1.82) is 0 Å². The van der Waals surface area contributed by atoms with E-state index in [0.29, 0.717) is 12.2 Å². The quantitative estimate of drug-likeness (QED) is 0.895. The molecule has 0 amide bonds. The zero-order valence-corrected chi connectivity index (χ0v) is 13.4. The molecule has 1 aliphatic carbocycles. The third-order valence-electron chi connectivity index (χ3n) is 5.24. The SMILES string of the molecule is N[C@H]1CCCN[C@H]1CO[C@H]1CC[C@@H](c2cccc(F)c2F)CC1. The van der Waals surface area contributed by atoms with Gasteiger partial charge in [-0.15, -0.1) is 0 Å². The third-order valence-corrected chi connectivity index (χ3v) is 5.24. The zero-order valence-electron chi connectivity index (χ0n) is 13.4. The monoisotopic (exact) mass is 324 g/mol. The number of nitrogens with two attached hydrogens (primary N) is 1. The van der Waals surface area contributed by atoms with Crippen molar-refractivity contribution in [3.63, 3.8) is 0 Å². The average Bonchev–Trinajstić information content (AvgIpc) is 2.57. The van der Waals surface area contributed by atoms with Crippen LogP contribution in [0.3, 0.4) is 0 Å². The minimum absolute atomic E-state index is 0.0978. The normalized spacial score (nSPS) is 32.0. The van der Waals surface area contributed by atoms with E-state index in [1.54, 1.807) is 12.1 Å². The van der Waals surface area contributed by atoms with Crippen molar-refractivity contribution in [1.82, 2.24) is 5.32 Å². The second-order valence-electron chi connectivity index (χ2n) is 6.82. The Balaban J connectivity index is 1.47. The molecule has 2 aliphatic rings. The molecule has 128 valence electrons. The first-order chi connectivity index (χ1) is 11.1. The van der Waals surface area contributed by atoms with Gasteiger partial charge in [-0.25, -0.2) is 8.78 Å². The lowest BCUT2D eigenvalue weighted by Crippen LogP contribution is -2.52.